The van der Waals surface area contributed by atoms with Gasteiger partial charge in [0.25, 0.3) is 0 Å². The second-order valence-electron chi connectivity index (χ2n) is 3.20. The number of aliphatic hydroxyl groups is 1. The summed E-state index contributed by atoms with van der Waals surface area (Å²) in [6, 6.07) is 5.11. The average molecular weight is 205 g/mol. The fraction of sp³-hybridized carbons (Fsp3) is 0.333. The van der Waals surface area contributed by atoms with Crippen molar-refractivity contribution in [2.75, 3.05) is 5.73 Å². The summed E-state index contributed by atoms with van der Waals surface area (Å²) in [7, 11) is 0. The molecular formula is C9H10F3NO. The molecule has 0 fully saturated rings. The van der Waals surface area contributed by atoms with Gasteiger partial charge in [-0.1, -0.05) is 12.1 Å². The minimum absolute atomic E-state index is 0.187. The van der Waals surface area contributed by atoms with E-state index in [2.05, 4.69) is 0 Å². The van der Waals surface area contributed by atoms with Crippen LogP contribution in [0.1, 0.15) is 12.5 Å². The zero-order valence-corrected chi connectivity index (χ0v) is 7.47. The van der Waals surface area contributed by atoms with Crippen LogP contribution in [-0.4, -0.2) is 11.3 Å². The number of alkyl halides is 3. The van der Waals surface area contributed by atoms with Gasteiger partial charge in [-0.05, 0) is 24.6 Å². The predicted octanol–water partition coefficient (Wildman–Crippen LogP) is 2.04. The van der Waals surface area contributed by atoms with Gasteiger partial charge >= 0.3 is 6.18 Å². The zero-order valence-electron chi connectivity index (χ0n) is 7.47. The molecule has 0 aliphatic rings. The normalized spacial score (nSPS) is 16.4. The maximum absolute atomic E-state index is 12.4. The van der Waals surface area contributed by atoms with E-state index >= 15 is 0 Å². The van der Waals surface area contributed by atoms with Gasteiger partial charge in [-0.25, -0.2) is 0 Å². The van der Waals surface area contributed by atoms with Crippen LogP contribution in [0.25, 0.3) is 0 Å². The van der Waals surface area contributed by atoms with E-state index in [0.29, 0.717) is 6.92 Å². The molecule has 0 radical (unpaired) electrons. The molecule has 0 heterocycles. The lowest BCUT2D eigenvalue weighted by Crippen LogP contribution is -2.39. The van der Waals surface area contributed by atoms with Crippen molar-refractivity contribution >= 4 is 5.69 Å². The predicted molar refractivity (Wildman–Crippen MR) is 46.5 cm³/mol. The summed E-state index contributed by atoms with van der Waals surface area (Å²) >= 11 is 0. The highest BCUT2D eigenvalue weighted by molar-refractivity contribution is 5.42. The molecule has 0 amide bonds. The molecule has 78 valence electrons. The van der Waals surface area contributed by atoms with E-state index in [0.717, 1.165) is 6.07 Å². The monoisotopic (exact) mass is 205 g/mol. The third-order valence-corrected chi connectivity index (χ3v) is 2.00. The highest BCUT2D eigenvalue weighted by atomic mass is 19.4. The van der Waals surface area contributed by atoms with E-state index in [4.69, 9.17) is 5.73 Å². The molecule has 14 heavy (non-hydrogen) atoms. The Hall–Kier alpha value is -1.23. The van der Waals surface area contributed by atoms with Gasteiger partial charge in [-0.2, -0.15) is 13.2 Å². The summed E-state index contributed by atoms with van der Waals surface area (Å²) in [6.45, 7) is 0.696. The Morgan fingerprint density at radius 3 is 2.29 bits per heavy atom. The first-order chi connectivity index (χ1) is 6.25. The van der Waals surface area contributed by atoms with Crippen molar-refractivity contribution < 1.29 is 18.3 Å². The number of hydrogen-bond donors (Lipinski definition) is 2. The van der Waals surface area contributed by atoms with Crippen molar-refractivity contribution in [3.63, 3.8) is 0 Å². The number of nitrogen functional groups attached to an aromatic ring is 1. The van der Waals surface area contributed by atoms with Crippen LogP contribution in [0, 0.1) is 0 Å². The van der Waals surface area contributed by atoms with E-state index in [9.17, 15) is 18.3 Å². The maximum Gasteiger partial charge on any atom is 0.421 e. The largest absolute Gasteiger partial charge is 0.421 e. The molecule has 0 aliphatic heterocycles. The summed E-state index contributed by atoms with van der Waals surface area (Å²) in [5, 5.41) is 9.27. The van der Waals surface area contributed by atoms with Crippen LogP contribution in [0.2, 0.25) is 0 Å². The van der Waals surface area contributed by atoms with Gasteiger partial charge in [0.15, 0.2) is 5.60 Å². The van der Waals surface area contributed by atoms with Gasteiger partial charge in [0.05, 0.1) is 0 Å². The highest BCUT2D eigenvalue weighted by Gasteiger charge is 2.51. The first-order valence-corrected chi connectivity index (χ1v) is 3.90. The van der Waals surface area contributed by atoms with Gasteiger partial charge in [0.2, 0.25) is 0 Å². The summed E-state index contributed by atoms with van der Waals surface area (Å²) in [5.41, 5.74) is 2.39. The molecular weight excluding hydrogens is 195 g/mol. The summed E-state index contributed by atoms with van der Waals surface area (Å²) < 4.78 is 37.1. The number of rotatable bonds is 1. The van der Waals surface area contributed by atoms with Crippen LogP contribution in [0.4, 0.5) is 18.9 Å². The van der Waals surface area contributed by atoms with Crippen LogP contribution < -0.4 is 5.73 Å². The maximum atomic E-state index is 12.4. The lowest BCUT2D eigenvalue weighted by Gasteiger charge is -2.26. The second-order valence-corrected chi connectivity index (χ2v) is 3.20. The van der Waals surface area contributed by atoms with Crippen LogP contribution in [0.3, 0.4) is 0 Å². The first-order valence-electron chi connectivity index (χ1n) is 3.90. The Kier molecular flexibility index (Phi) is 2.45. The number of hydrogen-bond acceptors (Lipinski definition) is 2. The lowest BCUT2D eigenvalue weighted by atomic mass is 9.95. The van der Waals surface area contributed by atoms with Crippen molar-refractivity contribution in [2.24, 2.45) is 0 Å². The Morgan fingerprint density at radius 2 is 1.86 bits per heavy atom. The standard InChI is InChI=1S/C9H10F3NO/c1-8(14,9(10,11)12)6-3-2-4-7(13)5-6/h2-5,14H,13H2,1H3. The Bertz CT molecular complexity index is 333. The van der Waals surface area contributed by atoms with Crippen molar-refractivity contribution in [3.05, 3.63) is 29.8 Å². The van der Waals surface area contributed by atoms with Crippen molar-refractivity contribution in [1.29, 1.82) is 0 Å². The molecule has 2 nitrogen and oxygen atoms in total. The first kappa shape index (κ1) is 10.8. The molecule has 0 aliphatic carbocycles. The number of benzene rings is 1. The van der Waals surface area contributed by atoms with E-state index < -0.39 is 11.8 Å². The number of anilines is 1. The molecule has 1 atom stereocenters. The molecule has 1 aromatic rings. The SMILES string of the molecule is CC(O)(c1cccc(N)c1)C(F)(F)F. The molecule has 3 N–H and O–H groups in total. The quantitative estimate of drug-likeness (QED) is 0.689. The van der Waals surface area contributed by atoms with E-state index in [1.807, 2.05) is 0 Å². The topological polar surface area (TPSA) is 46.2 Å². The third kappa shape index (κ3) is 1.82. The molecule has 0 saturated heterocycles. The van der Waals surface area contributed by atoms with Crippen molar-refractivity contribution in [2.45, 2.75) is 18.7 Å². The molecule has 1 aromatic carbocycles. The average Bonchev–Trinajstić information content (AvgIpc) is 2.02. The Balaban J connectivity index is 3.16. The smallest absolute Gasteiger partial charge is 0.399 e. The van der Waals surface area contributed by atoms with Crippen LogP contribution in [-0.2, 0) is 5.60 Å². The second kappa shape index (κ2) is 3.16. The summed E-state index contributed by atoms with van der Waals surface area (Å²) in [4.78, 5) is 0. The van der Waals surface area contributed by atoms with Gasteiger partial charge in [-0.15, -0.1) is 0 Å². The Morgan fingerprint density at radius 1 is 1.29 bits per heavy atom. The molecule has 1 rings (SSSR count). The lowest BCUT2D eigenvalue weighted by molar-refractivity contribution is -0.258. The molecule has 0 saturated carbocycles. The molecule has 0 spiro atoms. The fourth-order valence-electron chi connectivity index (χ4n) is 1.01. The molecule has 0 bridgehead atoms. The molecule has 0 aromatic heterocycles. The third-order valence-electron chi connectivity index (χ3n) is 2.00. The van der Waals surface area contributed by atoms with Crippen LogP contribution in [0.5, 0.6) is 0 Å². The van der Waals surface area contributed by atoms with Gasteiger partial charge in [-0.3, -0.25) is 0 Å². The highest BCUT2D eigenvalue weighted by Crippen LogP contribution is 2.38. The minimum atomic E-state index is -4.71. The van der Waals surface area contributed by atoms with Crippen LogP contribution in [0.15, 0.2) is 24.3 Å². The van der Waals surface area contributed by atoms with E-state index in [1.165, 1.54) is 18.2 Å². The van der Waals surface area contributed by atoms with Gasteiger partial charge in [0, 0.05) is 5.69 Å². The van der Waals surface area contributed by atoms with Crippen LogP contribution >= 0.6 is 0 Å². The molecule has 5 heteroatoms. The van der Waals surface area contributed by atoms with E-state index in [1.54, 1.807) is 0 Å². The van der Waals surface area contributed by atoms with Gasteiger partial charge in [0.1, 0.15) is 0 Å². The fourth-order valence-corrected chi connectivity index (χ4v) is 1.01. The number of nitrogens with two attached hydrogens (primary N) is 1. The van der Waals surface area contributed by atoms with Crippen molar-refractivity contribution in [1.82, 2.24) is 0 Å². The van der Waals surface area contributed by atoms with Crippen molar-refractivity contribution in [3.8, 4) is 0 Å². The summed E-state index contributed by atoms with van der Waals surface area (Å²) in [5.74, 6) is 0. The minimum Gasteiger partial charge on any atom is -0.399 e. The number of halogens is 3. The Labute approximate surface area is 79.2 Å². The summed E-state index contributed by atoms with van der Waals surface area (Å²) in [6.07, 6.45) is -4.71. The zero-order chi connectivity index (χ0) is 11.0. The van der Waals surface area contributed by atoms with E-state index in [-0.39, 0.29) is 11.3 Å². The van der Waals surface area contributed by atoms with Gasteiger partial charge < -0.3 is 10.8 Å². The molecule has 1 unspecified atom stereocenters.